The first-order valence-corrected chi connectivity index (χ1v) is 7.42. The fourth-order valence-electron chi connectivity index (χ4n) is 1.61. The maximum atomic E-state index is 12.2. The van der Waals surface area contributed by atoms with E-state index in [9.17, 15) is 13.2 Å². The number of Topliss-reactive ketones (excluding diaryl/α,β-unsaturated/α-hetero) is 1. The highest BCUT2D eigenvalue weighted by atomic mass is 32.2. The molecule has 0 unspecified atom stereocenters. The van der Waals surface area contributed by atoms with Gasteiger partial charge in [0.15, 0.2) is 5.78 Å². The Morgan fingerprint density at radius 3 is 2.60 bits per heavy atom. The molecule has 0 aliphatic rings. The van der Waals surface area contributed by atoms with Crippen LogP contribution in [-0.4, -0.2) is 24.2 Å². The predicted molar refractivity (Wildman–Crippen MR) is 73.9 cm³/mol. The predicted octanol–water partition coefficient (Wildman–Crippen LogP) is 1.87. The second-order valence-electron chi connectivity index (χ2n) is 4.04. The highest BCUT2D eigenvalue weighted by Gasteiger charge is 2.16. The van der Waals surface area contributed by atoms with Crippen molar-refractivity contribution in [1.82, 2.24) is 9.97 Å². The maximum Gasteiger partial charge on any atom is 0.262 e. The van der Waals surface area contributed by atoms with Crippen molar-refractivity contribution in [3.05, 3.63) is 48.5 Å². The largest absolute Gasteiger partial charge is 0.294 e. The van der Waals surface area contributed by atoms with E-state index in [0.717, 1.165) is 0 Å². The third kappa shape index (κ3) is 3.18. The molecule has 1 heterocycles. The van der Waals surface area contributed by atoms with Crippen molar-refractivity contribution in [3.63, 3.8) is 0 Å². The number of hydrogen-bond acceptors (Lipinski definition) is 5. The number of sulfonamides is 1. The van der Waals surface area contributed by atoms with Crippen LogP contribution in [0.25, 0.3) is 0 Å². The average Bonchev–Trinajstić information content (AvgIpc) is 2.47. The van der Waals surface area contributed by atoms with Crippen LogP contribution in [0.2, 0.25) is 0 Å². The first-order valence-electron chi connectivity index (χ1n) is 5.94. The number of ketones is 1. The molecule has 0 spiro atoms. The topological polar surface area (TPSA) is 89.0 Å². The number of anilines is 1. The van der Waals surface area contributed by atoms with Crippen molar-refractivity contribution in [2.45, 2.75) is 18.2 Å². The highest BCUT2D eigenvalue weighted by Crippen LogP contribution is 2.16. The van der Waals surface area contributed by atoms with Gasteiger partial charge in [-0.05, 0) is 12.1 Å². The Labute approximate surface area is 116 Å². The summed E-state index contributed by atoms with van der Waals surface area (Å²) >= 11 is 0. The molecule has 0 atom stereocenters. The number of carbonyl (C=O) groups excluding carboxylic acids is 1. The minimum Gasteiger partial charge on any atom is -0.294 e. The Bertz CT molecular complexity index is 715. The second kappa shape index (κ2) is 5.79. The molecule has 0 bridgehead atoms. The summed E-state index contributed by atoms with van der Waals surface area (Å²) in [5.74, 6) is -0.106. The molecular formula is C13H13N3O3S. The number of nitrogens with one attached hydrogen (secondary N) is 1. The lowest BCUT2D eigenvalue weighted by Crippen LogP contribution is -2.14. The minimum atomic E-state index is -3.76. The van der Waals surface area contributed by atoms with Gasteiger partial charge in [-0.1, -0.05) is 19.1 Å². The van der Waals surface area contributed by atoms with Gasteiger partial charge in [-0.3, -0.25) is 9.52 Å². The van der Waals surface area contributed by atoms with Crippen LogP contribution < -0.4 is 4.72 Å². The van der Waals surface area contributed by atoms with Gasteiger partial charge in [-0.2, -0.15) is 0 Å². The van der Waals surface area contributed by atoms with Gasteiger partial charge in [0.1, 0.15) is 6.33 Å². The summed E-state index contributed by atoms with van der Waals surface area (Å²) in [5, 5.41) is 0. The van der Waals surface area contributed by atoms with Crippen LogP contribution in [0, 0.1) is 0 Å². The zero-order chi connectivity index (χ0) is 14.6. The Morgan fingerprint density at radius 1 is 1.25 bits per heavy atom. The molecule has 104 valence electrons. The van der Waals surface area contributed by atoms with E-state index >= 15 is 0 Å². The molecule has 1 aromatic carbocycles. The zero-order valence-corrected chi connectivity index (χ0v) is 11.6. The number of nitrogens with zero attached hydrogens (tertiary/aromatic N) is 2. The lowest BCUT2D eigenvalue weighted by Gasteiger charge is -2.08. The molecule has 0 aliphatic carbocycles. The summed E-state index contributed by atoms with van der Waals surface area (Å²) in [6.45, 7) is 1.73. The average molecular weight is 291 g/mol. The van der Waals surface area contributed by atoms with Gasteiger partial charge >= 0.3 is 0 Å². The molecule has 6 nitrogen and oxygen atoms in total. The van der Waals surface area contributed by atoms with E-state index in [1.807, 2.05) is 0 Å². The molecule has 0 radical (unpaired) electrons. The summed E-state index contributed by atoms with van der Waals surface area (Å²) in [5.41, 5.74) is 0.638. The second-order valence-corrected chi connectivity index (χ2v) is 5.72. The van der Waals surface area contributed by atoms with Crippen molar-refractivity contribution < 1.29 is 13.2 Å². The van der Waals surface area contributed by atoms with Crippen molar-refractivity contribution in [2.24, 2.45) is 0 Å². The molecule has 20 heavy (non-hydrogen) atoms. The fourth-order valence-corrected chi connectivity index (χ4v) is 2.68. The first-order chi connectivity index (χ1) is 9.53. The normalized spacial score (nSPS) is 11.1. The smallest absolute Gasteiger partial charge is 0.262 e. The van der Waals surface area contributed by atoms with Crippen molar-refractivity contribution in [2.75, 3.05) is 4.72 Å². The molecular weight excluding hydrogens is 278 g/mol. The highest BCUT2D eigenvalue weighted by molar-refractivity contribution is 7.92. The van der Waals surface area contributed by atoms with Crippen molar-refractivity contribution >= 4 is 21.5 Å². The van der Waals surface area contributed by atoms with E-state index < -0.39 is 10.0 Å². The Hall–Kier alpha value is -2.28. The molecule has 1 aromatic heterocycles. The number of aromatic nitrogens is 2. The molecule has 0 saturated carbocycles. The molecule has 0 saturated heterocycles. The van der Waals surface area contributed by atoms with Crippen LogP contribution in [-0.2, 0) is 10.0 Å². The van der Waals surface area contributed by atoms with E-state index in [2.05, 4.69) is 14.7 Å². The fraction of sp³-hybridized carbons (Fsp3) is 0.154. The lowest BCUT2D eigenvalue weighted by atomic mass is 10.1. The van der Waals surface area contributed by atoms with Gasteiger partial charge in [-0.15, -0.1) is 0 Å². The van der Waals surface area contributed by atoms with Gasteiger partial charge < -0.3 is 0 Å². The van der Waals surface area contributed by atoms with E-state index in [4.69, 9.17) is 0 Å². The number of benzene rings is 1. The van der Waals surface area contributed by atoms with E-state index in [1.165, 1.54) is 30.9 Å². The summed E-state index contributed by atoms with van der Waals surface area (Å²) in [7, 11) is -3.76. The molecule has 1 N–H and O–H groups in total. The van der Waals surface area contributed by atoms with Gasteiger partial charge in [0, 0.05) is 12.0 Å². The molecule has 7 heteroatoms. The standard InChI is InChI=1S/C13H13N3O3S/c1-2-13(17)10-4-3-5-12(6-10)20(18,19)16-11-7-14-9-15-8-11/h3-9,16H,2H2,1H3. The first kappa shape index (κ1) is 14.1. The van der Waals surface area contributed by atoms with Crippen molar-refractivity contribution in [1.29, 1.82) is 0 Å². The molecule has 2 aromatic rings. The summed E-state index contributed by atoms with van der Waals surface area (Å²) < 4.78 is 26.7. The number of rotatable bonds is 5. The van der Waals surface area contributed by atoms with E-state index in [0.29, 0.717) is 12.0 Å². The monoisotopic (exact) mass is 291 g/mol. The third-order valence-corrected chi connectivity index (χ3v) is 3.98. The minimum absolute atomic E-state index is 0.0284. The molecule has 2 rings (SSSR count). The van der Waals surface area contributed by atoms with E-state index in [-0.39, 0.29) is 16.4 Å². The third-order valence-electron chi connectivity index (χ3n) is 2.60. The molecule has 0 fully saturated rings. The number of carbonyl (C=O) groups is 1. The Balaban J connectivity index is 2.33. The van der Waals surface area contributed by atoms with Crippen LogP contribution in [0.3, 0.4) is 0 Å². The Kier molecular flexibility index (Phi) is 4.09. The molecule has 0 amide bonds. The maximum absolute atomic E-state index is 12.2. The Morgan fingerprint density at radius 2 is 1.95 bits per heavy atom. The summed E-state index contributed by atoms with van der Waals surface area (Å²) in [6, 6.07) is 5.92. The quantitative estimate of drug-likeness (QED) is 0.849. The SMILES string of the molecule is CCC(=O)c1cccc(S(=O)(=O)Nc2cncnc2)c1. The van der Waals surface area contributed by atoms with Crippen LogP contribution >= 0.6 is 0 Å². The van der Waals surface area contributed by atoms with Gasteiger partial charge in [0.05, 0.1) is 23.0 Å². The van der Waals surface area contributed by atoms with Crippen LogP contribution in [0.1, 0.15) is 23.7 Å². The van der Waals surface area contributed by atoms with Crippen LogP contribution in [0.4, 0.5) is 5.69 Å². The van der Waals surface area contributed by atoms with Gasteiger partial charge in [-0.25, -0.2) is 18.4 Å². The summed E-state index contributed by atoms with van der Waals surface area (Å²) in [4.78, 5) is 19.1. The number of hydrogen-bond donors (Lipinski definition) is 1. The molecule has 0 aliphatic heterocycles. The van der Waals surface area contributed by atoms with Gasteiger partial charge in [0.25, 0.3) is 10.0 Å². The van der Waals surface area contributed by atoms with E-state index in [1.54, 1.807) is 19.1 Å². The van der Waals surface area contributed by atoms with Crippen LogP contribution in [0.15, 0.2) is 47.9 Å². The van der Waals surface area contributed by atoms with Crippen molar-refractivity contribution in [3.8, 4) is 0 Å². The zero-order valence-electron chi connectivity index (χ0n) is 10.8. The lowest BCUT2D eigenvalue weighted by molar-refractivity contribution is 0.0988. The summed E-state index contributed by atoms with van der Waals surface area (Å²) in [6.07, 6.45) is 4.33. The van der Waals surface area contributed by atoms with Gasteiger partial charge in [0.2, 0.25) is 0 Å². The van der Waals surface area contributed by atoms with Crippen LogP contribution in [0.5, 0.6) is 0 Å².